The minimum Gasteiger partial charge on any atom is -0.483 e. The molecule has 0 atom stereocenters. The number of aryl methyl sites for hydroxylation is 1. The third kappa shape index (κ3) is 4.77. The Kier molecular flexibility index (Phi) is 5.24. The van der Waals surface area contributed by atoms with Gasteiger partial charge < -0.3 is 4.74 Å². The van der Waals surface area contributed by atoms with Crippen molar-refractivity contribution in [3.05, 3.63) is 65.2 Å². The van der Waals surface area contributed by atoms with Crippen LogP contribution in [0.5, 0.6) is 5.75 Å². The maximum Gasteiger partial charge on any atom is 0.276 e. The largest absolute Gasteiger partial charge is 0.483 e. The predicted molar refractivity (Wildman–Crippen MR) is 78.6 cm³/mol. The molecule has 23 heavy (non-hydrogen) atoms. The molecular weight excluding hydrogens is 306 g/mol. The van der Waals surface area contributed by atoms with Gasteiger partial charge in [0, 0.05) is 11.6 Å². The first-order valence-electron chi connectivity index (χ1n) is 6.69. The zero-order valence-corrected chi connectivity index (χ0v) is 12.2. The molecule has 2 aromatic rings. The minimum atomic E-state index is -0.885. The van der Waals surface area contributed by atoms with Crippen molar-refractivity contribution in [1.82, 2.24) is 10.9 Å². The minimum absolute atomic E-state index is 0.248. The summed E-state index contributed by atoms with van der Waals surface area (Å²) in [5.41, 5.74) is 4.77. The Morgan fingerprint density at radius 2 is 1.70 bits per heavy atom. The van der Waals surface area contributed by atoms with Crippen LogP contribution in [0, 0.1) is 18.6 Å². The van der Waals surface area contributed by atoms with E-state index in [1.54, 1.807) is 12.1 Å². The summed E-state index contributed by atoms with van der Waals surface area (Å²) < 4.78 is 31.3. The molecule has 7 heteroatoms. The van der Waals surface area contributed by atoms with Crippen molar-refractivity contribution in [2.75, 3.05) is 6.61 Å². The number of para-hydroxylation sites is 1. The highest BCUT2D eigenvalue weighted by Gasteiger charge is 2.11. The van der Waals surface area contributed by atoms with Gasteiger partial charge in [0.15, 0.2) is 6.61 Å². The Bertz CT molecular complexity index is 715. The summed E-state index contributed by atoms with van der Waals surface area (Å²) in [6.45, 7) is 1.51. The molecule has 0 aliphatic rings. The molecule has 0 radical (unpaired) electrons. The molecule has 0 bridgehead atoms. The normalized spacial score (nSPS) is 10.0. The molecule has 0 heterocycles. The second-order valence-corrected chi connectivity index (χ2v) is 4.71. The van der Waals surface area contributed by atoms with Gasteiger partial charge in [-0.1, -0.05) is 18.2 Å². The second-order valence-electron chi connectivity index (χ2n) is 4.71. The van der Waals surface area contributed by atoms with Crippen LogP contribution >= 0.6 is 0 Å². The van der Waals surface area contributed by atoms with Gasteiger partial charge in [0.25, 0.3) is 11.8 Å². The van der Waals surface area contributed by atoms with Crippen molar-refractivity contribution in [2.45, 2.75) is 6.92 Å². The monoisotopic (exact) mass is 320 g/mol. The van der Waals surface area contributed by atoms with Crippen molar-refractivity contribution < 1.29 is 23.1 Å². The van der Waals surface area contributed by atoms with E-state index in [2.05, 4.69) is 10.9 Å². The molecule has 5 nitrogen and oxygen atoms in total. The van der Waals surface area contributed by atoms with Crippen LogP contribution in [0.2, 0.25) is 0 Å². The fraction of sp³-hybridized carbons (Fsp3) is 0.125. The number of hydrogen-bond donors (Lipinski definition) is 2. The fourth-order valence-electron chi connectivity index (χ4n) is 1.78. The first-order valence-corrected chi connectivity index (χ1v) is 6.69. The van der Waals surface area contributed by atoms with Gasteiger partial charge in [0.2, 0.25) is 0 Å². The number of hydrazine groups is 1. The number of halogens is 2. The molecule has 0 saturated carbocycles. The zero-order chi connectivity index (χ0) is 16.8. The zero-order valence-electron chi connectivity index (χ0n) is 12.2. The summed E-state index contributed by atoms with van der Waals surface area (Å²) in [4.78, 5) is 23.3. The fourth-order valence-corrected chi connectivity index (χ4v) is 1.78. The lowest BCUT2D eigenvalue weighted by Gasteiger charge is -2.10. The molecule has 0 aliphatic heterocycles. The van der Waals surface area contributed by atoms with E-state index in [9.17, 15) is 18.4 Å². The van der Waals surface area contributed by atoms with Crippen LogP contribution in [0.4, 0.5) is 8.78 Å². The smallest absolute Gasteiger partial charge is 0.276 e. The molecule has 2 N–H and O–H groups in total. The van der Waals surface area contributed by atoms with E-state index in [0.717, 1.165) is 17.7 Å². The van der Waals surface area contributed by atoms with Crippen molar-refractivity contribution >= 4 is 11.8 Å². The summed E-state index contributed by atoms with van der Waals surface area (Å²) in [5.74, 6) is -2.68. The van der Waals surface area contributed by atoms with Crippen molar-refractivity contribution in [1.29, 1.82) is 0 Å². The van der Waals surface area contributed by atoms with E-state index in [-0.39, 0.29) is 12.2 Å². The lowest BCUT2D eigenvalue weighted by Crippen LogP contribution is -2.43. The maximum atomic E-state index is 13.0. The third-order valence-corrected chi connectivity index (χ3v) is 2.89. The molecule has 120 valence electrons. The summed E-state index contributed by atoms with van der Waals surface area (Å²) in [7, 11) is 0. The highest BCUT2D eigenvalue weighted by Crippen LogP contribution is 2.15. The van der Waals surface area contributed by atoms with Gasteiger partial charge in [-0.2, -0.15) is 0 Å². The van der Waals surface area contributed by atoms with E-state index in [4.69, 9.17) is 4.74 Å². The van der Waals surface area contributed by atoms with E-state index < -0.39 is 23.4 Å². The van der Waals surface area contributed by atoms with Gasteiger partial charge in [-0.25, -0.2) is 8.78 Å². The predicted octanol–water partition coefficient (Wildman–Crippen LogP) is 2.11. The highest BCUT2D eigenvalue weighted by atomic mass is 19.1. The van der Waals surface area contributed by atoms with Crippen LogP contribution in [0.25, 0.3) is 0 Å². The Balaban J connectivity index is 1.84. The van der Waals surface area contributed by atoms with Crippen molar-refractivity contribution in [2.24, 2.45) is 0 Å². The Labute approximate surface area is 131 Å². The molecule has 2 aromatic carbocycles. The standard InChI is InChI=1S/C16H14F2N2O3/c1-10-4-2-3-5-14(10)23-9-15(21)19-20-16(22)11-6-12(17)8-13(18)7-11/h2-8H,9H2,1H3,(H,19,21)(H,20,22). The Hall–Kier alpha value is -2.96. The summed E-state index contributed by atoms with van der Waals surface area (Å²) >= 11 is 0. The van der Waals surface area contributed by atoms with Crippen LogP contribution in [-0.2, 0) is 4.79 Å². The molecule has 2 rings (SSSR count). The number of benzene rings is 2. The maximum absolute atomic E-state index is 13.0. The summed E-state index contributed by atoms with van der Waals surface area (Å²) in [5, 5.41) is 0. The molecule has 0 aromatic heterocycles. The van der Waals surface area contributed by atoms with E-state index >= 15 is 0 Å². The average molecular weight is 320 g/mol. The number of rotatable bonds is 4. The van der Waals surface area contributed by atoms with E-state index in [1.165, 1.54) is 0 Å². The van der Waals surface area contributed by atoms with Crippen LogP contribution in [0.15, 0.2) is 42.5 Å². The lowest BCUT2D eigenvalue weighted by atomic mass is 10.2. The number of amides is 2. The Morgan fingerprint density at radius 1 is 1.04 bits per heavy atom. The quantitative estimate of drug-likeness (QED) is 0.848. The molecule has 0 aliphatic carbocycles. The third-order valence-electron chi connectivity index (χ3n) is 2.89. The van der Waals surface area contributed by atoms with Crippen LogP contribution < -0.4 is 15.6 Å². The van der Waals surface area contributed by atoms with Crippen LogP contribution in [0.3, 0.4) is 0 Å². The summed E-state index contributed by atoms with van der Waals surface area (Å²) in [6, 6.07) is 9.49. The second kappa shape index (κ2) is 7.35. The van der Waals surface area contributed by atoms with Gasteiger partial charge in [0.05, 0.1) is 0 Å². The number of hydrogen-bond acceptors (Lipinski definition) is 3. The molecule has 0 fully saturated rings. The lowest BCUT2D eigenvalue weighted by molar-refractivity contribution is -0.123. The Morgan fingerprint density at radius 3 is 2.35 bits per heavy atom. The van der Waals surface area contributed by atoms with E-state index in [0.29, 0.717) is 11.8 Å². The molecular formula is C16H14F2N2O3. The molecule has 0 unspecified atom stereocenters. The number of carbonyl (C=O) groups excluding carboxylic acids is 2. The molecule has 0 saturated heterocycles. The van der Waals surface area contributed by atoms with Gasteiger partial charge in [-0.15, -0.1) is 0 Å². The van der Waals surface area contributed by atoms with Crippen LogP contribution in [0.1, 0.15) is 15.9 Å². The first-order chi connectivity index (χ1) is 11.0. The van der Waals surface area contributed by atoms with Crippen molar-refractivity contribution in [3.63, 3.8) is 0 Å². The molecule has 0 spiro atoms. The highest BCUT2D eigenvalue weighted by molar-refractivity contribution is 5.95. The SMILES string of the molecule is Cc1ccccc1OCC(=O)NNC(=O)c1cc(F)cc(F)c1. The van der Waals surface area contributed by atoms with E-state index in [1.807, 2.05) is 19.1 Å². The number of nitrogens with one attached hydrogen (secondary N) is 2. The van der Waals surface area contributed by atoms with Crippen molar-refractivity contribution in [3.8, 4) is 5.75 Å². The van der Waals surface area contributed by atoms with Gasteiger partial charge in [0.1, 0.15) is 17.4 Å². The number of carbonyl (C=O) groups is 2. The molecule has 2 amide bonds. The number of ether oxygens (including phenoxy) is 1. The van der Waals surface area contributed by atoms with Crippen LogP contribution in [-0.4, -0.2) is 18.4 Å². The average Bonchev–Trinajstić information content (AvgIpc) is 2.51. The first kappa shape index (κ1) is 16.4. The van der Waals surface area contributed by atoms with Gasteiger partial charge in [-0.3, -0.25) is 20.4 Å². The topological polar surface area (TPSA) is 67.4 Å². The summed E-state index contributed by atoms with van der Waals surface area (Å²) in [6.07, 6.45) is 0. The van der Waals surface area contributed by atoms with Gasteiger partial charge >= 0.3 is 0 Å². The van der Waals surface area contributed by atoms with Gasteiger partial charge in [-0.05, 0) is 30.7 Å².